The van der Waals surface area contributed by atoms with Crippen molar-refractivity contribution < 1.29 is 4.74 Å². The van der Waals surface area contributed by atoms with Crippen molar-refractivity contribution >= 4 is 49.0 Å². The Labute approximate surface area is 171 Å². The van der Waals surface area contributed by atoms with Gasteiger partial charge in [-0.2, -0.15) is 4.98 Å². The molecule has 2 heterocycles. The Morgan fingerprint density at radius 2 is 1.83 bits per heavy atom. The first-order valence-corrected chi connectivity index (χ1v) is 9.89. The smallest absolute Gasteiger partial charge is 0.248 e. The molecule has 142 valence electrons. The Balaban J connectivity index is 1.43. The summed E-state index contributed by atoms with van der Waals surface area (Å²) in [6.45, 7) is 2.06. The molecule has 0 aliphatic rings. The minimum atomic E-state index is 0.301. The molecule has 0 atom stereocenters. The zero-order chi connectivity index (χ0) is 19.8. The van der Waals surface area contributed by atoms with Gasteiger partial charge in [-0.1, -0.05) is 47.7 Å². The third kappa shape index (κ3) is 3.43. The Bertz CT molecular complexity index is 1350. The van der Waals surface area contributed by atoms with Crippen LogP contribution in [-0.2, 0) is 0 Å². The van der Waals surface area contributed by atoms with Gasteiger partial charge in [-0.05, 0) is 47.5 Å². The molecule has 3 N–H and O–H groups in total. The number of aryl methyl sites for hydroxylation is 1. The third-order valence-electron chi connectivity index (χ3n) is 4.55. The largest absolute Gasteiger partial charge is 0.437 e. The number of benzene rings is 3. The average molecular weight is 399 g/mol. The second-order valence-corrected chi connectivity index (χ2v) is 7.70. The predicted molar refractivity (Wildman–Crippen MR) is 118 cm³/mol. The number of aromatic nitrogens is 3. The third-order valence-corrected chi connectivity index (χ3v) is 5.49. The van der Waals surface area contributed by atoms with E-state index in [0.29, 0.717) is 28.3 Å². The molecular formula is C22H17N5OS. The van der Waals surface area contributed by atoms with Gasteiger partial charge in [0.2, 0.25) is 5.88 Å². The maximum Gasteiger partial charge on any atom is 0.248 e. The zero-order valence-corrected chi connectivity index (χ0v) is 16.4. The van der Waals surface area contributed by atoms with E-state index in [1.54, 1.807) is 11.3 Å². The van der Waals surface area contributed by atoms with Gasteiger partial charge in [0.1, 0.15) is 17.8 Å². The first-order valence-electron chi connectivity index (χ1n) is 9.07. The molecule has 29 heavy (non-hydrogen) atoms. The fourth-order valence-electron chi connectivity index (χ4n) is 3.09. The van der Waals surface area contributed by atoms with Gasteiger partial charge in [-0.3, -0.25) is 0 Å². The highest BCUT2D eigenvalue weighted by Gasteiger charge is 2.13. The van der Waals surface area contributed by atoms with Crippen molar-refractivity contribution in [3.63, 3.8) is 0 Å². The summed E-state index contributed by atoms with van der Waals surface area (Å²) in [7, 11) is 0. The predicted octanol–water partition coefficient (Wildman–Crippen LogP) is 5.67. The molecule has 0 aliphatic heterocycles. The van der Waals surface area contributed by atoms with E-state index < -0.39 is 0 Å². The molecule has 0 saturated carbocycles. The van der Waals surface area contributed by atoms with Crippen LogP contribution in [0, 0.1) is 6.92 Å². The fraction of sp³-hybridized carbons (Fsp3) is 0.0455. The number of fused-ring (bicyclic) bond motifs is 2. The lowest BCUT2D eigenvalue weighted by Crippen LogP contribution is -2.02. The zero-order valence-electron chi connectivity index (χ0n) is 15.6. The summed E-state index contributed by atoms with van der Waals surface area (Å²) in [6, 6.07) is 20.1. The molecule has 0 amide bonds. The summed E-state index contributed by atoms with van der Waals surface area (Å²) in [4.78, 5) is 13.0. The van der Waals surface area contributed by atoms with E-state index in [0.717, 1.165) is 21.0 Å². The first-order chi connectivity index (χ1) is 14.2. The molecule has 0 saturated heterocycles. The van der Waals surface area contributed by atoms with Crippen LogP contribution in [0.5, 0.6) is 11.6 Å². The van der Waals surface area contributed by atoms with Crippen molar-refractivity contribution in [1.82, 2.24) is 15.0 Å². The van der Waals surface area contributed by atoms with E-state index in [2.05, 4.69) is 39.3 Å². The van der Waals surface area contributed by atoms with Crippen LogP contribution in [0.4, 0.5) is 16.6 Å². The molecule has 0 radical (unpaired) electrons. The molecule has 0 bridgehead atoms. The normalized spacial score (nSPS) is 11.1. The lowest BCUT2D eigenvalue weighted by atomic mass is 10.1. The van der Waals surface area contributed by atoms with Gasteiger partial charge in [0.15, 0.2) is 10.9 Å². The van der Waals surface area contributed by atoms with Gasteiger partial charge in [-0.25, -0.2) is 9.97 Å². The molecule has 0 aliphatic carbocycles. The monoisotopic (exact) mass is 399 g/mol. The number of nitrogen functional groups attached to an aromatic ring is 1. The molecule has 2 aromatic heterocycles. The number of hydrogen-bond donors (Lipinski definition) is 2. The highest BCUT2D eigenvalue weighted by atomic mass is 32.1. The van der Waals surface area contributed by atoms with Crippen LogP contribution < -0.4 is 15.8 Å². The standard InChI is InChI=1S/C22H17N5OS/c1-13-6-9-17-18(10-13)29-22(26-17)27-20-19(23)21(25-12-24-20)28-16-8-7-14-4-2-3-5-15(14)11-16/h2-12H,23H2,1H3,(H,24,25,26,27). The van der Waals surface area contributed by atoms with E-state index in [1.807, 2.05) is 48.5 Å². The minimum Gasteiger partial charge on any atom is -0.437 e. The van der Waals surface area contributed by atoms with E-state index in [4.69, 9.17) is 10.5 Å². The van der Waals surface area contributed by atoms with Gasteiger partial charge < -0.3 is 15.8 Å². The highest BCUT2D eigenvalue weighted by molar-refractivity contribution is 7.22. The molecule has 6 nitrogen and oxygen atoms in total. The number of hydrogen-bond acceptors (Lipinski definition) is 7. The van der Waals surface area contributed by atoms with Gasteiger partial charge in [0.25, 0.3) is 0 Å². The maximum absolute atomic E-state index is 6.27. The van der Waals surface area contributed by atoms with Crippen LogP contribution in [0.2, 0.25) is 0 Å². The first kappa shape index (κ1) is 17.4. The summed E-state index contributed by atoms with van der Waals surface area (Å²) >= 11 is 1.55. The molecule has 0 unspecified atom stereocenters. The van der Waals surface area contributed by atoms with Crippen LogP contribution in [0.15, 0.2) is 67.0 Å². The topological polar surface area (TPSA) is 86.0 Å². The molecule has 7 heteroatoms. The Morgan fingerprint density at radius 3 is 2.72 bits per heavy atom. The maximum atomic E-state index is 6.27. The van der Waals surface area contributed by atoms with Crippen molar-refractivity contribution in [1.29, 1.82) is 0 Å². The van der Waals surface area contributed by atoms with E-state index in [1.165, 1.54) is 11.9 Å². The SMILES string of the molecule is Cc1ccc2nc(Nc3ncnc(Oc4ccc5ccccc5c4)c3N)sc2c1. The van der Waals surface area contributed by atoms with Gasteiger partial charge in [-0.15, -0.1) is 0 Å². The summed E-state index contributed by atoms with van der Waals surface area (Å²) in [5.74, 6) is 1.43. The lowest BCUT2D eigenvalue weighted by molar-refractivity contribution is 0.465. The number of thiazole rings is 1. The van der Waals surface area contributed by atoms with Crippen LogP contribution in [0.3, 0.4) is 0 Å². The molecule has 5 aromatic rings. The second-order valence-electron chi connectivity index (χ2n) is 6.67. The second kappa shape index (κ2) is 7.03. The molecular weight excluding hydrogens is 382 g/mol. The van der Waals surface area contributed by atoms with E-state index in [9.17, 15) is 0 Å². The number of anilines is 3. The van der Waals surface area contributed by atoms with Crippen molar-refractivity contribution in [2.24, 2.45) is 0 Å². The number of rotatable bonds is 4. The van der Waals surface area contributed by atoms with Gasteiger partial charge in [0.05, 0.1) is 10.2 Å². The number of ether oxygens (including phenoxy) is 1. The lowest BCUT2D eigenvalue weighted by Gasteiger charge is -2.11. The molecule has 0 fully saturated rings. The van der Waals surface area contributed by atoms with Gasteiger partial charge >= 0.3 is 0 Å². The molecule has 5 rings (SSSR count). The number of nitrogens with zero attached hydrogens (tertiary/aromatic N) is 3. The Kier molecular flexibility index (Phi) is 4.22. The summed E-state index contributed by atoms with van der Waals surface area (Å²) < 4.78 is 7.04. The highest BCUT2D eigenvalue weighted by Crippen LogP contribution is 2.34. The van der Waals surface area contributed by atoms with Crippen molar-refractivity contribution in [3.8, 4) is 11.6 Å². The average Bonchev–Trinajstić information content (AvgIpc) is 3.12. The summed E-state index contributed by atoms with van der Waals surface area (Å²) in [6.07, 6.45) is 1.42. The van der Waals surface area contributed by atoms with E-state index >= 15 is 0 Å². The Morgan fingerprint density at radius 1 is 0.966 bits per heavy atom. The molecule has 0 spiro atoms. The van der Waals surface area contributed by atoms with Crippen molar-refractivity contribution in [2.45, 2.75) is 6.92 Å². The van der Waals surface area contributed by atoms with Crippen LogP contribution >= 0.6 is 11.3 Å². The van der Waals surface area contributed by atoms with Crippen molar-refractivity contribution in [2.75, 3.05) is 11.1 Å². The molecule has 3 aromatic carbocycles. The van der Waals surface area contributed by atoms with Gasteiger partial charge in [0, 0.05) is 0 Å². The van der Waals surface area contributed by atoms with Crippen LogP contribution in [0.25, 0.3) is 21.0 Å². The van der Waals surface area contributed by atoms with E-state index in [-0.39, 0.29) is 0 Å². The van der Waals surface area contributed by atoms with Crippen LogP contribution in [-0.4, -0.2) is 15.0 Å². The Hall–Kier alpha value is -3.71. The quantitative estimate of drug-likeness (QED) is 0.405. The van der Waals surface area contributed by atoms with Crippen molar-refractivity contribution in [3.05, 3.63) is 72.6 Å². The summed E-state index contributed by atoms with van der Waals surface area (Å²) in [5, 5.41) is 6.13. The van der Waals surface area contributed by atoms with Crippen LogP contribution in [0.1, 0.15) is 5.56 Å². The fourth-order valence-corrected chi connectivity index (χ4v) is 4.05. The summed E-state index contributed by atoms with van der Waals surface area (Å²) in [5.41, 5.74) is 8.73. The number of nitrogens with two attached hydrogens (primary N) is 1. The number of nitrogens with one attached hydrogen (secondary N) is 1. The minimum absolute atomic E-state index is 0.301.